The molecule has 7 nitrogen and oxygen atoms in total. The fourth-order valence-corrected chi connectivity index (χ4v) is 1.06. The zero-order valence-corrected chi connectivity index (χ0v) is 10.1. The molecule has 0 heterocycles. The third-order valence-corrected chi connectivity index (χ3v) is 1.95. The zero-order valence-electron chi connectivity index (χ0n) is 8.98. The number of rotatable bonds is 7. The van der Waals surface area contributed by atoms with Crippen LogP contribution < -0.4 is 22.5 Å². The van der Waals surface area contributed by atoms with Crippen molar-refractivity contribution in [1.29, 1.82) is 0 Å². The second-order valence-corrected chi connectivity index (χ2v) is 3.88. The fraction of sp³-hybridized carbons (Fsp3) is 0.625. The Kier molecular flexibility index (Phi) is 7.41. The lowest BCUT2D eigenvalue weighted by atomic mass is 10.1. The smallest absolute Gasteiger partial charge is 0.237 e. The van der Waals surface area contributed by atoms with Gasteiger partial charge >= 0.3 is 0 Å². The Hall–Kier alpha value is -1.20. The lowest BCUT2D eigenvalue weighted by molar-refractivity contribution is -0.124. The number of nitrogens with zero attached hydrogens (tertiary/aromatic N) is 1. The number of aliphatic imine (C=N–C) groups is 1. The Morgan fingerprint density at radius 1 is 1.38 bits per heavy atom. The standard InChI is InChI=1S/C8H18N5O2P/c9-5(2-1-3-12-8(10)11)7(15)13-4-6(14)16/h5H,1-4,9,16H2,(H,13,15)(H4,10,11,12)/t5-/m0/s1. The van der Waals surface area contributed by atoms with Gasteiger partial charge in [-0.15, -0.1) is 0 Å². The van der Waals surface area contributed by atoms with Crippen molar-refractivity contribution in [1.82, 2.24) is 5.32 Å². The van der Waals surface area contributed by atoms with Gasteiger partial charge in [-0.3, -0.25) is 14.6 Å². The van der Waals surface area contributed by atoms with Gasteiger partial charge in [0.05, 0.1) is 12.6 Å². The normalized spacial score (nSPS) is 11.6. The maximum absolute atomic E-state index is 11.3. The van der Waals surface area contributed by atoms with Crippen LogP contribution in [0.2, 0.25) is 0 Å². The first-order valence-corrected chi connectivity index (χ1v) is 5.38. The van der Waals surface area contributed by atoms with Crippen LogP contribution in [0.3, 0.4) is 0 Å². The van der Waals surface area contributed by atoms with E-state index < -0.39 is 6.04 Å². The number of amides is 1. The molecule has 0 radical (unpaired) electrons. The largest absolute Gasteiger partial charge is 0.370 e. The molecule has 16 heavy (non-hydrogen) atoms. The van der Waals surface area contributed by atoms with E-state index in [1.165, 1.54) is 0 Å². The van der Waals surface area contributed by atoms with E-state index >= 15 is 0 Å². The topological polar surface area (TPSA) is 137 Å². The van der Waals surface area contributed by atoms with E-state index in [-0.39, 0.29) is 23.9 Å². The molecule has 0 bridgehead atoms. The van der Waals surface area contributed by atoms with Gasteiger partial charge in [-0.05, 0) is 12.8 Å². The Bertz CT molecular complexity index is 278. The molecule has 92 valence electrons. The predicted molar refractivity (Wildman–Crippen MR) is 65.6 cm³/mol. The van der Waals surface area contributed by atoms with Gasteiger partial charge in [0.15, 0.2) is 11.5 Å². The van der Waals surface area contributed by atoms with Crippen molar-refractivity contribution in [2.24, 2.45) is 22.2 Å². The summed E-state index contributed by atoms with van der Waals surface area (Å²) in [5.41, 5.74) is 15.6. The van der Waals surface area contributed by atoms with Crippen molar-refractivity contribution in [3.8, 4) is 0 Å². The molecule has 0 fully saturated rings. The molecule has 0 aromatic rings. The first-order valence-electron chi connectivity index (χ1n) is 4.80. The predicted octanol–water partition coefficient (Wildman–Crippen LogP) is -2.11. The van der Waals surface area contributed by atoms with Gasteiger partial charge in [0, 0.05) is 6.54 Å². The molecule has 0 aliphatic rings. The van der Waals surface area contributed by atoms with Crippen LogP contribution in [0.15, 0.2) is 4.99 Å². The summed E-state index contributed by atoms with van der Waals surface area (Å²) in [6.07, 6.45) is 1.08. The van der Waals surface area contributed by atoms with Crippen LogP contribution in [0.5, 0.6) is 0 Å². The Morgan fingerprint density at radius 3 is 2.50 bits per heavy atom. The monoisotopic (exact) mass is 247 g/mol. The number of nitrogens with two attached hydrogens (primary N) is 3. The second kappa shape index (κ2) is 8.01. The third-order valence-electron chi connectivity index (χ3n) is 1.74. The van der Waals surface area contributed by atoms with E-state index in [0.29, 0.717) is 19.4 Å². The molecule has 1 unspecified atom stereocenters. The van der Waals surface area contributed by atoms with Crippen LogP contribution in [-0.2, 0) is 9.59 Å². The lowest BCUT2D eigenvalue weighted by Crippen LogP contribution is -2.42. The van der Waals surface area contributed by atoms with Gasteiger partial charge in [-0.25, -0.2) is 0 Å². The molecular weight excluding hydrogens is 229 g/mol. The first-order chi connectivity index (χ1) is 7.43. The average molecular weight is 247 g/mol. The summed E-state index contributed by atoms with van der Waals surface area (Å²) < 4.78 is 0. The maximum atomic E-state index is 11.3. The molecule has 0 rings (SSSR count). The van der Waals surface area contributed by atoms with Crippen molar-refractivity contribution in [3.63, 3.8) is 0 Å². The van der Waals surface area contributed by atoms with Crippen LogP contribution in [0.4, 0.5) is 0 Å². The van der Waals surface area contributed by atoms with Gasteiger partial charge in [0.1, 0.15) is 0 Å². The number of guanidine groups is 1. The van der Waals surface area contributed by atoms with Gasteiger partial charge < -0.3 is 22.5 Å². The summed E-state index contributed by atoms with van der Waals surface area (Å²) in [5.74, 6) is -0.327. The zero-order chi connectivity index (χ0) is 12.6. The van der Waals surface area contributed by atoms with Gasteiger partial charge in [-0.2, -0.15) is 0 Å². The maximum Gasteiger partial charge on any atom is 0.237 e. The van der Waals surface area contributed by atoms with Crippen LogP contribution in [0.25, 0.3) is 0 Å². The van der Waals surface area contributed by atoms with Crippen molar-refractivity contribution in [3.05, 3.63) is 0 Å². The molecule has 7 N–H and O–H groups in total. The van der Waals surface area contributed by atoms with E-state index in [0.717, 1.165) is 0 Å². The second-order valence-electron chi connectivity index (χ2n) is 3.24. The highest BCUT2D eigenvalue weighted by atomic mass is 31.0. The minimum atomic E-state index is -0.640. The molecule has 0 aromatic carbocycles. The molecule has 0 saturated heterocycles. The first kappa shape index (κ1) is 14.8. The summed E-state index contributed by atoms with van der Waals surface area (Å²) in [6, 6.07) is -0.640. The molecule has 0 aliphatic heterocycles. The molecule has 0 aliphatic carbocycles. The van der Waals surface area contributed by atoms with E-state index in [4.69, 9.17) is 17.2 Å². The van der Waals surface area contributed by atoms with Crippen LogP contribution in [-0.4, -0.2) is 36.5 Å². The summed E-state index contributed by atoms with van der Waals surface area (Å²) >= 11 is 0. The molecule has 0 aromatic heterocycles. The number of nitrogens with one attached hydrogen (secondary N) is 1. The molecule has 0 spiro atoms. The summed E-state index contributed by atoms with van der Waals surface area (Å²) in [6.45, 7) is 0.414. The lowest BCUT2D eigenvalue weighted by Gasteiger charge is -2.10. The molecule has 8 heteroatoms. The van der Waals surface area contributed by atoms with E-state index in [1.54, 1.807) is 0 Å². The SMILES string of the molecule is NC(N)=NCCC[C@H](N)C(=O)NCC(=O)P. The summed E-state index contributed by atoms with van der Waals surface area (Å²) in [7, 11) is 1.97. The van der Waals surface area contributed by atoms with Crippen molar-refractivity contribution < 1.29 is 9.59 Å². The van der Waals surface area contributed by atoms with E-state index in [1.807, 2.05) is 9.24 Å². The van der Waals surface area contributed by atoms with E-state index in [2.05, 4.69) is 10.3 Å². The van der Waals surface area contributed by atoms with Crippen LogP contribution >= 0.6 is 9.24 Å². The van der Waals surface area contributed by atoms with Gasteiger partial charge in [0.2, 0.25) is 5.91 Å². The highest BCUT2D eigenvalue weighted by Gasteiger charge is 2.12. The van der Waals surface area contributed by atoms with Crippen molar-refractivity contribution in [2.45, 2.75) is 18.9 Å². The van der Waals surface area contributed by atoms with E-state index in [9.17, 15) is 9.59 Å². The quantitative estimate of drug-likeness (QED) is 0.176. The Labute approximate surface area is 96.4 Å². The molecular formula is C8H18N5O2P. The third kappa shape index (κ3) is 8.14. The minimum absolute atomic E-state index is 0.0200. The highest BCUT2D eigenvalue weighted by Crippen LogP contribution is 1.95. The van der Waals surface area contributed by atoms with Crippen LogP contribution in [0.1, 0.15) is 12.8 Å². The van der Waals surface area contributed by atoms with Crippen LogP contribution in [0, 0.1) is 0 Å². The molecule has 1 amide bonds. The summed E-state index contributed by atoms with van der Waals surface area (Å²) in [4.78, 5) is 25.6. The molecule has 0 saturated carbocycles. The average Bonchev–Trinajstić information content (AvgIpc) is 2.20. The highest BCUT2D eigenvalue weighted by molar-refractivity contribution is 7.40. The number of hydrogen-bond acceptors (Lipinski definition) is 4. The Balaban J connectivity index is 3.71. The van der Waals surface area contributed by atoms with Crippen molar-refractivity contribution in [2.75, 3.05) is 13.1 Å². The van der Waals surface area contributed by atoms with Gasteiger partial charge in [0.25, 0.3) is 0 Å². The van der Waals surface area contributed by atoms with Gasteiger partial charge in [-0.1, -0.05) is 9.24 Å². The summed E-state index contributed by atoms with van der Waals surface area (Å²) in [5, 5.41) is 2.41. The van der Waals surface area contributed by atoms with Crippen molar-refractivity contribution >= 4 is 26.6 Å². The minimum Gasteiger partial charge on any atom is -0.370 e. The number of hydrogen-bond donors (Lipinski definition) is 4. The Morgan fingerprint density at radius 2 is 2.00 bits per heavy atom. The number of carbonyl (C=O) groups excluding carboxylic acids is 2. The molecule has 2 atom stereocenters. The fourth-order valence-electron chi connectivity index (χ4n) is 0.956. The number of carbonyl (C=O) groups is 2.